The van der Waals surface area contributed by atoms with E-state index in [2.05, 4.69) is 0 Å². The van der Waals surface area contributed by atoms with Crippen LogP contribution in [0.3, 0.4) is 0 Å². The number of ether oxygens (including phenoxy) is 1. The van der Waals surface area contributed by atoms with Crippen LogP contribution in [0.25, 0.3) is 0 Å². The van der Waals surface area contributed by atoms with Gasteiger partial charge < -0.3 is 15.6 Å². The third kappa shape index (κ3) is 2.85. The van der Waals surface area contributed by atoms with Gasteiger partial charge in [0, 0.05) is 16.6 Å². The van der Waals surface area contributed by atoms with E-state index in [0.717, 1.165) is 15.5 Å². The molecule has 88 valence electrons. The van der Waals surface area contributed by atoms with Gasteiger partial charge in [0.15, 0.2) is 0 Å². The normalized spacial score (nSPS) is 10.2. The van der Waals surface area contributed by atoms with E-state index in [1.807, 2.05) is 36.4 Å². The molecule has 0 aliphatic carbocycles. The number of rotatable bonds is 3. The zero-order chi connectivity index (χ0) is 12.3. The minimum absolute atomic E-state index is 0.214. The summed E-state index contributed by atoms with van der Waals surface area (Å²) in [4.78, 5) is 1.82. The molecular weight excluding hydrogens is 234 g/mol. The molecule has 0 unspecified atom stereocenters. The molecule has 0 aliphatic rings. The second kappa shape index (κ2) is 5.01. The Morgan fingerprint density at radius 3 is 2.41 bits per heavy atom. The molecule has 0 spiro atoms. The molecule has 2 aromatic rings. The standard InChI is InChI=1S/C13H13NO2S/c1-16-10-4-7-13(12(15)8-10)17-11-5-2-9(14)3-6-11/h2-8,15H,14H2,1H3. The maximum Gasteiger partial charge on any atom is 0.133 e. The van der Waals surface area contributed by atoms with Crippen molar-refractivity contribution < 1.29 is 9.84 Å². The predicted molar refractivity (Wildman–Crippen MR) is 69.6 cm³/mol. The van der Waals surface area contributed by atoms with Gasteiger partial charge in [0.2, 0.25) is 0 Å². The number of anilines is 1. The number of nitrogens with two attached hydrogens (primary N) is 1. The van der Waals surface area contributed by atoms with Gasteiger partial charge in [-0.05, 0) is 36.4 Å². The zero-order valence-electron chi connectivity index (χ0n) is 9.38. The van der Waals surface area contributed by atoms with Crippen LogP contribution < -0.4 is 10.5 Å². The Kier molecular flexibility index (Phi) is 3.44. The molecule has 0 fully saturated rings. The first-order chi connectivity index (χ1) is 8.19. The van der Waals surface area contributed by atoms with E-state index in [0.29, 0.717) is 5.75 Å². The lowest BCUT2D eigenvalue weighted by atomic mass is 10.3. The van der Waals surface area contributed by atoms with Crippen molar-refractivity contribution in [2.24, 2.45) is 0 Å². The van der Waals surface area contributed by atoms with Crippen molar-refractivity contribution in [3.05, 3.63) is 42.5 Å². The van der Waals surface area contributed by atoms with Gasteiger partial charge in [-0.3, -0.25) is 0 Å². The molecule has 0 saturated carbocycles. The Balaban J connectivity index is 2.21. The lowest BCUT2D eigenvalue weighted by Crippen LogP contribution is -1.84. The van der Waals surface area contributed by atoms with Crippen LogP contribution in [-0.2, 0) is 0 Å². The first kappa shape index (κ1) is 11.7. The second-order valence-corrected chi connectivity index (χ2v) is 4.62. The summed E-state index contributed by atoms with van der Waals surface area (Å²) in [7, 11) is 1.57. The molecule has 0 atom stereocenters. The van der Waals surface area contributed by atoms with E-state index in [4.69, 9.17) is 10.5 Å². The third-order valence-corrected chi connectivity index (χ3v) is 3.35. The largest absolute Gasteiger partial charge is 0.507 e. The van der Waals surface area contributed by atoms with Crippen LogP contribution in [0, 0.1) is 0 Å². The fraction of sp³-hybridized carbons (Fsp3) is 0.0769. The topological polar surface area (TPSA) is 55.5 Å². The number of methoxy groups -OCH3 is 1. The van der Waals surface area contributed by atoms with Crippen molar-refractivity contribution in [2.45, 2.75) is 9.79 Å². The Hall–Kier alpha value is -1.81. The van der Waals surface area contributed by atoms with Gasteiger partial charge in [-0.15, -0.1) is 0 Å². The fourth-order valence-electron chi connectivity index (χ4n) is 1.37. The van der Waals surface area contributed by atoms with Gasteiger partial charge in [-0.1, -0.05) is 11.8 Å². The van der Waals surface area contributed by atoms with Gasteiger partial charge in [-0.25, -0.2) is 0 Å². The van der Waals surface area contributed by atoms with Gasteiger partial charge in [0.1, 0.15) is 11.5 Å². The molecule has 17 heavy (non-hydrogen) atoms. The highest BCUT2D eigenvalue weighted by molar-refractivity contribution is 7.99. The van der Waals surface area contributed by atoms with Gasteiger partial charge in [0.25, 0.3) is 0 Å². The monoisotopic (exact) mass is 247 g/mol. The fourth-order valence-corrected chi connectivity index (χ4v) is 2.20. The van der Waals surface area contributed by atoms with Crippen LogP contribution in [-0.4, -0.2) is 12.2 Å². The zero-order valence-corrected chi connectivity index (χ0v) is 10.2. The van der Waals surface area contributed by atoms with E-state index in [1.165, 1.54) is 11.8 Å². The van der Waals surface area contributed by atoms with Gasteiger partial charge in [-0.2, -0.15) is 0 Å². The Morgan fingerprint density at radius 2 is 1.82 bits per heavy atom. The van der Waals surface area contributed by atoms with Crippen molar-refractivity contribution in [1.82, 2.24) is 0 Å². The molecule has 0 amide bonds. The Morgan fingerprint density at radius 1 is 1.12 bits per heavy atom. The highest BCUT2D eigenvalue weighted by Crippen LogP contribution is 2.36. The lowest BCUT2D eigenvalue weighted by molar-refractivity contribution is 0.405. The summed E-state index contributed by atoms with van der Waals surface area (Å²) in [6, 6.07) is 12.8. The summed E-state index contributed by atoms with van der Waals surface area (Å²) in [5.74, 6) is 0.857. The predicted octanol–water partition coefficient (Wildman–Crippen LogP) is 3.13. The van der Waals surface area contributed by atoms with Crippen LogP contribution >= 0.6 is 11.8 Å². The summed E-state index contributed by atoms with van der Waals surface area (Å²) in [6.07, 6.45) is 0. The first-order valence-corrected chi connectivity index (χ1v) is 5.91. The number of aromatic hydroxyl groups is 1. The minimum Gasteiger partial charge on any atom is -0.507 e. The second-order valence-electron chi connectivity index (χ2n) is 3.50. The number of phenolic OH excluding ortho intramolecular Hbond substituents is 1. The molecule has 0 radical (unpaired) electrons. The highest BCUT2D eigenvalue weighted by atomic mass is 32.2. The average Bonchev–Trinajstić information content (AvgIpc) is 2.34. The van der Waals surface area contributed by atoms with Gasteiger partial charge >= 0.3 is 0 Å². The summed E-state index contributed by atoms with van der Waals surface area (Å²) in [5, 5.41) is 9.81. The van der Waals surface area contributed by atoms with E-state index < -0.39 is 0 Å². The third-order valence-electron chi connectivity index (χ3n) is 2.27. The van der Waals surface area contributed by atoms with Crippen molar-refractivity contribution in [2.75, 3.05) is 12.8 Å². The minimum atomic E-state index is 0.214. The van der Waals surface area contributed by atoms with Crippen LogP contribution in [0.4, 0.5) is 5.69 Å². The summed E-state index contributed by atoms with van der Waals surface area (Å²) >= 11 is 1.48. The van der Waals surface area contributed by atoms with Crippen LogP contribution in [0.2, 0.25) is 0 Å². The van der Waals surface area contributed by atoms with E-state index in [1.54, 1.807) is 13.2 Å². The van der Waals surface area contributed by atoms with E-state index in [9.17, 15) is 5.11 Å². The molecular formula is C13H13NO2S. The van der Waals surface area contributed by atoms with E-state index >= 15 is 0 Å². The number of benzene rings is 2. The highest BCUT2D eigenvalue weighted by Gasteiger charge is 2.04. The molecule has 0 saturated heterocycles. The van der Waals surface area contributed by atoms with Gasteiger partial charge in [0.05, 0.1) is 12.0 Å². The summed E-state index contributed by atoms with van der Waals surface area (Å²) in [6.45, 7) is 0. The van der Waals surface area contributed by atoms with Crippen LogP contribution in [0.1, 0.15) is 0 Å². The maximum atomic E-state index is 9.81. The SMILES string of the molecule is COc1ccc(Sc2ccc(N)cc2)c(O)c1. The number of phenols is 1. The summed E-state index contributed by atoms with van der Waals surface area (Å²) < 4.78 is 5.03. The number of nitrogen functional groups attached to an aromatic ring is 1. The van der Waals surface area contributed by atoms with Crippen molar-refractivity contribution >= 4 is 17.4 Å². The lowest BCUT2D eigenvalue weighted by Gasteiger charge is -2.06. The van der Waals surface area contributed by atoms with Crippen molar-refractivity contribution in [3.8, 4) is 11.5 Å². The van der Waals surface area contributed by atoms with E-state index in [-0.39, 0.29) is 5.75 Å². The van der Waals surface area contributed by atoms with Crippen molar-refractivity contribution in [3.63, 3.8) is 0 Å². The van der Waals surface area contributed by atoms with Crippen LogP contribution in [0.15, 0.2) is 52.3 Å². The molecule has 3 N–H and O–H groups in total. The molecule has 0 aliphatic heterocycles. The molecule has 2 aromatic carbocycles. The maximum absolute atomic E-state index is 9.81. The summed E-state index contributed by atoms with van der Waals surface area (Å²) in [5.41, 5.74) is 6.34. The average molecular weight is 247 g/mol. The molecule has 0 bridgehead atoms. The number of hydrogen-bond acceptors (Lipinski definition) is 4. The Labute approximate surface area is 104 Å². The molecule has 0 heterocycles. The molecule has 4 heteroatoms. The Bertz CT molecular complexity index is 511. The quantitative estimate of drug-likeness (QED) is 0.818. The molecule has 0 aromatic heterocycles. The first-order valence-electron chi connectivity index (χ1n) is 5.09. The van der Waals surface area contributed by atoms with Crippen LogP contribution in [0.5, 0.6) is 11.5 Å². The number of hydrogen-bond donors (Lipinski definition) is 2. The van der Waals surface area contributed by atoms with Crippen molar-refractivity contribution in [1.29, 1.82) is 0 Å². The smallest absolute Gasteiger partial charge is 0.133 e. The molecule has 3 nitrogen and oxygen atoms in total. The molecule has 2 rings (SSSR count).